The van der Waals surface area contributed by atoms with Gasteiger partial charge in [-0.1, -0.05) is 50.2 Å². The van der Waals surface area contributed by atoms with E-state index in [1.165, 1.54) is 11.1 Å². The first kappa shape index (κ1) is 17.2. The molecule has 23 heavy (non-hydrogen) atoms. The molecule has 2 aromatic rings. The number of hydrogen-bond acceptors (Lipinski definition) is 2. The molecule has 3 heteroatoms. The van der Waals surface area contributed by atoms with E-state index in [4.69, 9.17) is 0 Å². The van der Waals surface area contributed by atoms with Crippen LogP contribution in [0.1, 0.15) is 48.4 Å². The van der Waals surface area contributed by atoms with Crippen molar-refractivity contribution in [3.8, 4) is 0 Å². The zero-order valence-electron chi connectivity index (χ0n) is 14.1. The number of anilines is 1. The molecule has 3 nitrogen and oxygen atoms in total. The van der Waals surface area contributed by atoms with Crippen molar-refractivity contribution in [1.29, 1.82) is 0 Å². The first-order chi connectivity index (χ1) is 11.0. The van der Waals surface area contributed by atoms with E-state index >= 15 is 0 Å². The third kappa shape index (κ3) is 4.93. The number of benzene rings is 2. The van der Waals surface area contributed by atoms with E-state index < -0.39 is 0 Å². The van der Waals surface area contributed by atoms with Gasteiger partial charge in [0.2, 0.25) is 5.91 Å². The summed E-state index contributed by atoms with van der Waals surface area (Å²) in [5.74, 6) is 0.519. The number of aliphatic hydroxyl groups is 1. The molecule has 0 saturated carbocycles. The van der Waals surface area contributed by atoms with Gasteiger partial charge < -0.3 is 10.4 Å². The lowest BCUT2D eigenvalue weighted by atomic mass is 10.0. The summed E-state index contributed by atoms with van der Waals surface area (Å²) in [5, 5.41) is 12.1. The third-order valence-corrected chi connectivity index (χ3v) is 4.05. The molecule has 0 heterocycles. The molecule has 0 unspecified atom stereocenters. The highest BCUT2D eigenvalue weighted by molar-refractivity contribution is 5.91. The van der Waals surface area contributed by atoms with Gasteiger partial charge in [-0.05, 0) is 47.6 Å². The topological polar surface area (TPSA) is 49.3 Å². The summed E-state index contributed by atoms with van der Waals surface area (Å²) in [5.41, 5.74) is 5.06. The number of carbonyl (C=O) groups is 1. The summed E-state index contributed by atoms with van der Waals surface area (Å²) in [6.45, 7) is 6.27. The third-order valence-electron chi connectivity index (χ3n) is 4.05. The molecular weight excluding hydrogens is 286 g/mol. The van der Waals surface area contributed by atoms with Crippen molar-refractivity contribution in [3.63, 3.8) is 0 Å². The van der Waals surface area contributed by atoms with Crippen molar-refractivity contribution < 1.29 is 9.90 Å². The molecule has 0 atom stereocenters. The van der Waals surface area contributed by atoms with Crippen LogP contribution >= 0.6 is 0 Å². The summed E-state index contributed by atoms with van der Waals surface area (Å²) in [7, 11) is 0. The van der Waals surface area contributed by atoms with Gasteiger partial charge in [0.15, 0.2) is 0 Å². The van der Waals surface area contributed by atoms with Crippen molar-refractivity contribution in [2.75, 3.05) is 5.32 Å². The number of nitrogens with one attached hydrogen (secondary N) is 1. The average molecular weight is 311 g/mol. The quantitative estimate of drug-likeness (QED) is 0.840. The Morgan fingerprint density at radius 1 is 1.09 bits per heavy atom. The second kappa shape index (κ2) is 7.93. The van der Waals surface area contributed by atoms with Gasteiger partial charge >= 0.3 is 0 Å². The number of aryl methyl sites for hydroxylation is 2. The van der Waals surface area contributed by atoms with E-state index in [9.17, 15) is 9.90 Å². The molecular formula is C20H25NO2. The molecule has 0 fully saturated rings. The monoisotopic (exact) mass is 311 g/mol. The predicted molar refractivity (Wildman–Crippen MR) is 94.6 cm³/mol. The second-order valence-electron chi connectivity index (χ2n) is 6.25. The zero-order chi connectivity index (χ0) is 16.8. The number of hydrogen-bond donors (Lipinski definition) is 2. The minimum absolute atomic E-state index is 0.00359. The molecule has 0 saturated heterocycles. The van der Waals surface area contributed by atoms with Crippen LogP contribution in [0, 0.1) is 6.92 Å². The van der Waals surface area contributed by atoms with Crippen LogP contribution in [0.15, 0.2) is 42.5 Å². The second-order valence-corrected chi connectivity index (χ2v) is 6.25. The summed E-state index contributed by atoms with van der Waals surface area (Å²) < 4.78 is 0. The van der Waals surface area contributed by atoms with Crippen LogP contribution in [-0.4, -0.2) is 11.0 Å². The standard InChI is InChI=1S/C20H25NO2/c1-14(2)18-9-6-16(7-10-18)8-11-20(23)21-19-12-17(13-22)5-4-15(19)3/h4-7,9-10,12,14,22H,8,11,13H2,1-3H3,(H,21,23). The SMILES string of the molecule is Cc1ccc(CO)cc1NC(=O)CCc1ccc(C(C)C)cc1. The summed E-state index contributed by atoms with van der Waals surface area (Å²) in [6, 6.07) is 14.1. The molecule has 0 aromatic heterocycles. The Labute approximate surface area is 138 Å². The van der Waals surface area contributed by atoms with Crippen LogP contribution < -0.4 is 5.32 Å². The van der Waals surface area contributed by atoms with Crippen LogP contribution in [0.25, 0.3) is 0 Å². The Kier molecular flexibility index (Phi) is 5.94. The van der Waals surface area contributed by atoms with Crippen molar-refractivity contribution in [2.24, 2.45) is 0 Å². The van der Waals surface area contributed by atoms with Crippen molar-refractivity contribution in [2.45, 2.75) is 46.1 Å². The molecule has 2 aromatic carbocycles. The summed E-state index contributed by atoms with van der Waals surface area (Å²) in [6.07, 6.45) is 1.17. The maximum Gasteiger partial charge on any atom is 0.224 e. The molecule has 1 amide bonds. The number of amides is 1. The fraction of sp³-hybridized carbons (Fsp3) is 0.350. The Morgan fingerprint density at radius 2 is 1.74 bits per heavy atom. The summed E-state index contributed by atoms with van der Waals surface area (Å²) in [4.78, 5) is 12.1. The van der Waals surface area contributed by atoms with Crippen LogP contribution in [-0.2, 0) is 17.8 Å². The predicted octanol–water partition coefficient (Wildman–Crippen LogP) is 4.18. The van der Waals surface area contributed by atoms with E-state index in [1.54, 1.807) is 0 Å². The summed E-state index contributed by atoms with van der Waals surface area (Å²) >= 11 is 0. The van der Waals surface area contributed by atoms with E-state index in [0.29, 0.717) is 12.3 Å². The van der Waals surface area contributed by atoms with E-state index in [2.05, 4.69) is 43.4 Å². The molecule has 0 aliphatic carbocycles. The minimum atomic E-state index is -0.0225. The van der Waals surface area contributed by atoms with Crippen molar-refractivity contribution >= 4 is 11.6 Å². The van der Waals surface area contributed by atoms with Crippen LogP contribution in [0.4, 0.5) is 5.69 Å². The van der Waals surface area contributed by atoms with Gasteiger partial charge in [0, 0.05) is 12.1 Å². The molecule has 2 rings (SSSR count). The van der Waals surface area contributed by atoms with Gasteiger partial charge in [0.25, 0.3) is 0 Å². The smallest absolute Gasteiger partial charge is 0.224 e. The minimum Gasteiger partial charge on any atom is -0.392 e. The van der Waals surface area contributed by atoms with Crippen LogP contribution in [0.2, 0.25) is 0 Å². The van der Waals surface area contributed by atoms with E-state index in [-0.39, 0.29) is 12.5 Å². The maximum absolute atomic E-state index is 12.1. The fourth-order valence-electron chi connectivity index (χ4n) is 2.44. The normalized spacial score (nSPS) is 10.8. The Morgan fingerprint density at radius 3 is 2.35 bits per heavy atom. The lowest BCUT2D eigenvalue weighted by molar-refractivity contribution is -0.116. The molecule has 0 bridgehead atoms. The van der Waals surface area contributed by atoms with E-state index in [0.717, 1.165) is 23.2 Å². The molecule has 122 valence electrons. The Bertz CT molecular complexity index is 660. The van der Waals surface area contributed by atoms with Crippen molar-refractivity contribution in [3.05, 3.63) is 64.7 Å². The number of carbonyl (C=O) groups excluding carboxylic acids is 1. The first-order valence-corrected chi connectivity index (χ1v) is 8.08. The van der Waals surface area contributed by atoms with Crippen LogP contribution in [0.5, 0.6) is 0 Å². The lowest BCUT2D eigenvalue weighted by Gasteiger charge is -2.10. The van der Waals surface area contributed by atoms with Gasteiger partial charge in [0.05, 0.1) is 6.61 Å². The molecule has 2 N–H and O–H groups in total. The van der Waals surface area contributed by atoms with E-state index in [1.807, 2.05) is 25.1 Å². The Hall–Kier alpha value is -2.13. The lowest BCUT2D eigenvalue weighted by Crippen LogP contribution is -2.13. The molecule has 0 aliphatic heterocycles. The van der Waals surface area contributed by atoms with Gasteiger partial charge in [-0.2, -0.15) is 0 Å². The number of aliphatic hydroxyl groups excluding tert-OH is 1. The van der Waals surface area contributed by atoms with Crippen LogP contribution in [0.3, 0.4) is 0 Å². The highest BCUT2D eigenvalue weighted by atomic mass is 16.3. The van der Waals surface area contributed by atoms with Gasteiger partial charge in [0.1, 0.15) is 0 Å². The first-order valence-electron chi connectivity index (χ1n) is 8.08. The highest BCUT2D eigenvalue weighted by Gasteiger charge is 2.07. The highest BCUT2D eigenvalue weighted by Crippen LogP contribution is 2.18. The largest absolute Gasteiger partial charge is 0.392 e. The van der Waals surface area contributed by atoms with Crippen molar-refractivity contribution in [1.82, 2.24) is 0 Å². The molecule has 0 spiro atoms. The number of rotatable bonds is 6. The van der Waals surface area contributed by atoms with Gasteiger partial charge in [-0.25, -0.2) is 0 Å². The van der Waals surface area contributed by atoms with Gasteiger partial charge in [-0.3, -0.25) is 4.79 Å². The molecule has 0 radical (unpaired) electrons. The maximum atomic E-state index is 12.1. The van der Waals surface area contributed by atoms with Gasteiger partial charge in [-0.15, -0.1) is 0 Å². The fourth-order valence-corrected chi connectivity index (χ4v) is 2.44. The molecule has 0 aliphatic rings. The zero-order valence-corrected chi connectivity index (χ0v) is 14.1. The Balaban J connectivity index is 1.92. The average Bonchev–Trinajstić information content (AvgIpc) is 2.55.